The molecule has 0 spiro atoms. The van der Waals surface area contributed by atoms with Crippen LogP contribution in [0.3, 0.4) is 0 Å². The Labute approximate surface area is 196 Å². The molecule has 9 nitrogen and oxygen atoms in total. The number of aryl methyl sites for hydroxylation is 1. The lowest BCUT2D eigenvalue weighted by Gasteiger charge is -2.14. The van der Waals surface area contributed by atoms with Gasteiger partial charge in [0.05, 0.1) is 36.7 Å². The van der Waals surface area contributed by atoms with Crippen LogP contribution in [0.25, 0.3) is 6.08 Å². The Balaban J connectivity index is 1.98. The number of esters is 2. The molecule has 0 radical (unpaired) electrons. The van der Waals surface area contributed by atoms with E-state index in [-0.39, 0.29) is 28.1 Å². The Kier molecular flexibility index (Phi) is 7.60. The van der Waals surface area contributed by atoms with Gasteiger partial charge in [0, 0.05) is 18.9 Å². The fourth-order valence-corrected chi connectivity index (χ4v) is 3.15. The fraction of sp³-hybridized carbons (Fsp3) is 0.120. The van der Waals surface area contributed by atoms with Crippen molar-refractivity contribution in [3.05, 3.63) is 89.3 Å². The molecule has 0 saturated heterocycles. The van der Waals surface area contributed by atoms with E-state index in [4.69, 9.17) is 9.47 Å². The van der Waals surface area contributed by atoms with Gasteiger partial charge in [-0.3, -0.25) is 9.59 Å². The second-order valence-electron chi connectivity index (χ2n) is 7.08. The molecule has 2 aromatic carbocycles. The third-order valence-electron chi connectivity index (χ3n) is 4.93. The smallest absolute Gasteiger partial charge is 0.339 e. The molecule has 0 saturated carbocycles. The Morgan fingerprint density at radius 1 is 0.735 bits per heavy atom. The SMILES string of the molecule is COC(=O)c1ccccc1NC(=O)C(=Cc1cccn1C)C(=O)Nc1ccccc1C(=O)OC. The number of hydrogen-bond acceptors (Lipinski definition) is 6. The van der Waals surface area contributed by atoms with Crippen LogP contribution in [-0.2, 0) is 26.1 Å². The standard InChI is InChI=1S/C25H23N3O6/c1-28-14-8-9-16(28)15-19(22(29)26-20-12-6-4-10-17(20)24(31)33-2)23(30)27-21-13-7-5-11-18(21)25(32)34-3/h4-15H,1-3H3,(H,26,29)(H,27,30). The highest BCUT2D eigenvalue weighted by atomic mass is 16.5. The number of ether oxygens (including phenoxy) is 2. The van der Waals surface area contributed by atoms with Crippen LogP contribution in [0, 0.1) is 0 Å². The van der Waals surface area contributed by atoms with Crippen LogP contribution in [0.15, 0.2) is 72.4 Å². The van der Waals surface area contributed by atoms with Crippen molar-refractivity contribution < 1.29 is 28.7 Å². The van der Waals surface area contributed by atoms with Crippen molar-refractivity contribution in [1.82, 2.24) is 4.57 Å². The van der Waals surface area contributed by atoms with Gasteiger partial charge < -0.3 is 24.7 Å². The van der Waals surface area contributed by atoms with E-state index in [1.54, 1.807) is 54.2 Å². The van der Waals surface area contributed by atoms with Gasteiger partial charge in [-0.25, -0.2) is 9.59 Å². The van der Waals surface area contributed by atoms with Crippen LogP contribution in [0.5, 0.6) is 0 Å². The summed E-state index contributed by atoms with van der Waals surface area (Å²) in [5, 5.41) is 5.21. The maximum atomic E-state index is 13.2. The molecule has 0 atom stereocenters. The van der Waals surface area contributed by atoms with Crippen LogP contribution < -0.4 is 10.6 Å². The summed E-state index contributed by atoms with van der Waals surface area (Å²) in [7, 11) is 4.22. The number of benzene rings is 2. The van der Waals surface area contributed by atoms with Gasteiger partial charge in [-0.1, -0.05) is 24.3 Å². The van der Waals surface area contributed by atoms with E-state index in [0.717, 1.165) is 0 Å². The van der Waals surface area contributed by atoms with Crippen molar-refractivity contribution in [2.75, 3.05) is 24.9 Å². The van der Waals surface area contributed by atoms with Crippen LogP contribution >= 0.6 is 0 Å². The van der Waals surface area contributed by atoms with Gasteiger partial charge in [0.1, 0.15) is 5.57 Å². The molecule has 1 heterocycles. The predicted octanol–water partition coefficient (Wildman–Crippen LogP) is 3.26. The van der Waals surface area contributed by atoms with Crippen molar-refractivity contribution in [2.24, 2.45) is 7.05 Å². The molecular formula is C25H23N3O6. The zero-order chi connectivity index (χ0) is 24.7. The van der Waals surface area contributed by atoms with E-state index in [1.807, 2.05) is 0 Å². The van der Waals surface area contributed by atoms with Crippen molar-refractivity contribution >= 4 is 41.2 Å². The van der Waals surface area contributed by atoms with Gasteiger partial charge in [0.2, 0.25) is 0 Å². The summed E-state index contributed by atoms with van der Waals surface area (Å²) in [6, 6.07) is 16.0. The maximum absolute atomic E-state index is 13.2. The lowest BCUT2D eigenvalue weighted by Crippen LogP contribution is -2.27. The number of carbonyl (C=O) groups is 4. The molecule has 0 aliphatic carbocycles. The Morgan fingerprint density at radius 3 is 1.62 bits per heavy atom. The zero-order valence-electron chi connectivity index (χ0n) is 18.8. The molecule has 3 rings (SSSR count). The summed E-state index contributed by atoms with van der Waals surface area (Å²) in [4.78, 5) is 50.6. The summed E-state index contributed by atoms with van der Waals surface area (Å²) < 4.78 is 11.3. The molecule has 3 aromatic rings. The zero-order valence-corrected chi connectivity index (χ0v) is 18.8. The van der Waals surface area contributed by atoms with Crippen LogP contribution in [0.4, 0.5) is 11.4 Å². The molecule has 2 amide bonds. The quantitative estimate of drug-likeness (QED) is 0.242. The number of nitrogens with zero attached hydrogens (tertiary/aromatic N) is 1. The number of hydrogen-bond donors (Lipinski definition) is 2. The minimum Gasteiger partial charge on any atom is -0.465 e. The highest BCUT2D eigenvalue weighted by Gasteiger charge is 2.23. The predicted molar refractivity (Wildman–Crippen MR) is 126 cm³/mol. The van der Waals surface area contributed by atoms with E-state index in [1.165, 1.54) is 44.6 Å². The topological polar surface area (TPSA) is 116 Å². The molecule has 9 heteroatoms. The number of anilines is 2. The lowest BCUT2D eigenvalue weighted by molar-refractivity contribution is -0.118. The maximum Gasteiger partial charge on any atom is 0.339 e. The number of methoxy groups -OCH3 is 2. The Morgan fingerprint density at radius 2 is 1.21 bits per heavy atom. The number of carbonyl (C=O) groups excluding carboxylic acids is 4. The molecule has 34 heavy (non-hydrogen) atoms. The first-order valence-electron chi connectivity index (χ1n) is 10.2. The van der Waals surface area contributed by atoms with E-state index in [9.17, 15) is 19.2 Å². The van der Waals surface area contributed by atoms with Crippen LogP contribution in [0.2, 0.25) is 0 Å². The molecule has 0 aliphatic rings. The van der Waals surface area contributed by atoms with Crippen molar-refractivity contribution in [3.8, 4) is 0 Å². The molecule has 0 unspecified atom stereocenters. The third-order valence-corrected chi connectivity index (χ3v) is 4.93. The first kappa shape index (κ1) is 24.0. The summed E-state index contributed by atoms with van der Waals surface area (Å²) in [5.74, 6) is -2.79. The first-order valence-corrected chi connectivity index (χ1v) is 10.2. The van der Waals surface area contributed by atoms with Gasteiger partial charge >= 0.3 is 11.9 Å². The van der Waals surface area contributed by atoms with E-state index in [2.05, 4.69) is 10.6 Å². The summed E-state index contributed by atoms with van der Waals surface area (Å²) >= 11 is 0. The third kappa shape index (κ3) is 5.39. The summed E-state index contributed by atoms with van der Waals surface area (Å²) in [5.41, 5.74) is 0.963. The van der Waals surface area contributed by atoms with E-state index < -0.39 is 23.8 Å². The average Bonchev–Trinajstić information content (AvgIpc) is 3.26. The number of amides is 2. The van der Waals surface area contributed by atoms with E-state index in [0.29, 0.717) is 5.69 Å². The van der Waals surface area contributed by atoms with Crippen molar-refractivity contribution in [1.29, 1.82) is 0 Å². The molecule has 1 aromatic heterocycles. The van der Waals surface area contributed by atoms with Crippen molar-refractivity contribution in [2.45, 2.75) is 0 Å². The Bertz CT molecular complexity index is 1200. The highest BCUT2D eigenvalue weighted by molar-refractivity contribution is 6.29. The monoisotopic (exact) mass is 461 g/mol. The van der Waals surface area contributed by atoms with E-state index >= 15 is 0 Å². The fourth-order valence-electron chi connectivity index (χ4n) is 3.15. The number of rotatable bonds is 7. The molecule has 0 aliphatic heterocycles. The second-order valence-corrected chi connectivity index (χ2v) is 7.08. The number of aromatic nitrogens is 1. The van der Waals surface area contributed by atoms with Crippen LogP contribution in [0.1, 0.15) is 26.4 Å². The number of nitrogens with one attached hydrogen (secondary N) is 2. The number of para-hydroxylation sites is 2. The summed E-state index contributed by atoms with van der Waals surface area (Å²) in [6.07, 6.45) is 3.17. The molecular weight excluding hydrogens is 438 g/mol. The average molecular weight is 461 g/mol. The van der Waals surface area contributed by atoms with Gasteiger partial charge in [-0.05, 0) is 42.5 Å². The van der Waals surface area contributed by atoms with Gasteiger partial charge in [-0.15, -0.1) is 0 Å². The lowest BCUT2D eigenvalue weighted by atomic mass is 10.1. The normalized spacial score (nSPS) is 10.1. The first-order chi connectivity index (χ1) is 16.3. The van der Waals surface area contributed by atoms with Gasteiger partial charge in [0.15, 0.2) is 0 Å². The largest absolute Gasteiger partial charge is 0.465 e. The minimum absolute atomic E-state index is 0.132. The molecule has 174 valence electrons. The molecule has 2 N–H and O–H groups in total. The molecule has 0 fully saturated rings. The van der Waals surface area contributed by atoms with Gasteiger partial charge in [-0.2, -0.15) is 0 Å². The minimum atomic E-state index is -0.759. The van der Waals surface area contributed by atoms with Gasteiger partial charge in [0.25, 0.3) is 11.8 Å². The van der Waals surface area contributed by atoms with Crippen molar-refractivity contribution in [3.63, 3.8) is 0 Å². The Hall–Kier alpha value is -4.66. The van der Waals surface area contributed by atoms with Crippen LogP contribution in [-0.4, -0.2) is 42.5 Å². The molecule has 0 bridgehead atoms. The summed E-state index contributed by atoms with van der Waals surface area (Å²) in [6.45, 7) is 0. The second kappa shape index (κ2) is 10.8. The highest BCUT2D eigenvalue weighted by Crippen LogP contribution is 2.21.